The highest BCUT2D eigenvalue weighted by Gasteiger charge is 2.26. The van der Waals surface area contributed by atoms with Crippen LogP contribution in [-0.4, -0.2) is 22.8 Å². The average Bonchev–Trinajstić information content (AvgIpc) is 3.17. The largest absolute Gasteiger partial charge is 0.468 e. The minimum absolute atomic E-state index is 0.0116. The zero-order valence-corrected chi connectivity index (χ0v) is 15.8. The Labute approximate surface area is 166 Å². The molecule has 1 aromatic heterocycles. The lowest BCUT2D eigenvalue weighted by Gasteiger charge is -2.27. The number of nitrogens with zero attached hydrogens (tertiary/aromatic N) is 2. The van der Waals surface area contributed by atoms with E-state index in [0.29, 0.717) is 12.2 Å². The molecule has 0 radical (unpaired) electrons. The van der Waals surface area contributed by atoms with Gasteiger partial charge in [-0.05, 0) is 36.9 Å². The van der Waals surface area contributed by atoms with Crippen LogP contribution < -0.4 is 5.32 Å². The number of amides is 1. The molecule has 0 saturated carbocycles. The minimum atomic E-state index is -0.624. The number of likely N-dealkylation sites (N-methyl/N-ethyl adjacent to an activating group) is 1. The number of benzene rings is 2. The Morgan fingerprint density at radius 1 is 1.21 bits per heavy atom. The predicted octanol–water partition coefficient (Wildman–Crippen LogP) is 4.65. The standard InChI is InChI=1S/C20H18ClN3O4/c1-23(13-16-8-5-11-28-16)19(14-6-3-2-4-7-14)20(25)22-15-9-10-17(21)18(12-15)24(26)27/h2-12,19H,13H2,1H3,(H,22,25). The summed E-state index contributed by atoms with van der Waals surface area (Å²) < 4.78 is 5.38. The number of nitrogens with one attached hydrogen (secondary N) is 1. The molecule has 1 amide bonds. The predicted molar refractivity (Wildman–Crippen MR) is 106 cm³/mol. The number of nitro groups is 1. The molecular formula is C20H18ClN3O4. The van der Waals surface area contributed by atoms with Crippen molar-refractivity contribution in [3.8, 4) is 0 Å². The summed E-state index contributed by atoms with van der Waals surface area (Å²) in [5, 5.41) is 13.9. The van der Waals surface area contributed by atoms with Crippen LogP contribution in [0.15, 0.2) is 71.3 Å². The molecule has 3 aromatic rings. The first kappa shape index (κ1) is 19.6. The Kier molecular flexibility index (Phi) is 6.08. The van der Waals surface area contributed by atoms with E-state index < -0.39 is 11.0 Å². The van der Waals surface area contributed by atoms with Crippen LogP contribution in [-0.2, 0) is 11.3 Å². The Balaban J connectivity index is 1.86. The Hall–Kier alpha value is -3.16. The van der Waals surface area contributed by atoms with E-state index in [1.165, 1.54) is 18.2 Å². The van der Waals surface area contributed by atoms with Crippen LogP contribution in [0.3, 0.4) is 0 Å². The van der Waals surface area contributed by atoms with Gasteiger partial charge in [-0.1, -0.05) is 41.9 Å². The molecule has 8 heteroatoms. The quantitative estimate of drug-likeness (QED) is 0.461. The van der Waals surface area contributed by atoms with Crippen molar-refractivity contribution >= 4 is 28.9 Å². The maximum atomic E-state index is 13.1. The number of carbonyl (C=O) groups is 1. The van der Waals surface area contributed by atoms with Gasteiger partial charge < -0.3 is 9.73 Å². The third kappa shape index (κ3) is 4.57. The molecule has 0 spiro atoms. The summed E-state index contributed by atoms with van der Waals surface area (Å²) in [7, 11) is 1.81. The van der Waals surface area contributed by atoms with E-state index in [1.807, 2.05) is 48.3 Å². The maximum Gasteiger partial charge on any atom is 0.289 e. The number of hydrogen-bond donors (Lipinski definition) is 1. The number of halogens is 1. The molecule has 0 bridgehead atoms. The summed E-state index contributed by atoms with van der Waals surface area (Å²) in [4.78, 5) is 25.4. The summed E-state index contributed by atoms with van der Waals surface area (Å²) in [6, 6.07) is 16.4. The van der Waals surface area contributed by atoms with E-state index in [4.69, 9.17) is 16.0 Å². The van der Waals surface area contributed by atoms with Gasteiger partial charge in [0.25, 0.3) is 5.69 Å². The molecule has 1 atom stereocenters. The van der Waals surface area contributed by atoms with E-state index in [2.05, 4.69) is 5.32 Å². The van der Waals surface area contributed by atoms with Gasteiger partial charge in [-0.2, -0.15) is 0 Å². The summed E-state index contributed by atoms with van der Waals surface area (Å²) in [5.41, 5.74) is 0.825. The van der Waals surface area contributed by atoms with Gasteiger partial charge in [0.15, 0.2) is 0 Å². The van der Waals surface area contributed by atoms with Gasteiger partial charge >= 0.3 is 0 Å². The van der Waals surface area contributed by atoms with Crippen LogP contribution in [0.1, 0.15) is 17.4 Å². The second-order valence-corrected chi connectivity index (χ2v) is 6.63. The van der Waals surface area contributed by atoms with Gasteiger partial charge in [0.2, 0.25) is 5.91 Å². The highest BCUT2D eigenvalue weighted by Crippen LogP contribution is 2.29. The van der Waals surface area contributed by atoms with E-state index in [0.717, 1.165) is 11.3 Å². The van der Waals surface area contributed by atoms with Gasteiger partial charge in [-0.25, -0.2) is 0 Å². The fourth-order valence-electron chi connectivity index (χ4n) is 2.92. The first-order valence-corrected chi connectivity index (χ1v) is 8.86. The second kappa shape index (κ2) is 8.69. The molecule has 1 heterocycles. The molecule has 0 fully saturated rings. The number of anilines is 1. The molecule has 0 aliphatic carbocycles. The van der Waals surface area contributed by atoms with Gasteiger partial charge in [0, 0.05) is 11.8 Å². The summed E-state index contributed by atoms with van der Waals surface area (Å²) in [6.45, 7) is 0.417. The number of carbonyl (C=O) groups excluding carboxylic acids is 1. The first-order valence-electron chi connectivity index (χ1n) is 8.48. The molecule has 144 valence electrons. The van der Waals surface area contributed by atoms with Crippen molar-refractivity contribution in [2.24, 2.45) is 0 Å². The molecule has 0 aliphatic rings. The van der Waals surface area contributed by atoms with Crippen molar-refractivity contribution in [3.63, 3.8) is 0 Å². The fourth-order valence-corrected chi connectivity index (χ4v) is 3.11. The highest BCUT2D eigenvalue weighted by molar-refractivity contribution is 6.32. The lowest BCUT2D eigenvalue weighted by molar-refractivity contribution is -0.384. The van der Waals surface area contributed by atoms with Crippen LogP contribution in [0.5, 0.6) is 0 Å². The van der Waals surface area contributed by atoms with E-state index in [9.17, 15) is 14.9 Å². The molecule has 28 heavy (non-hydrogen) atoms. The zero-order valence-electron chi connectivity index (χ0n) is 15.0. The van der Waals surface area contributed by atoms with Crippen molar-refractivity contribution in [2.75, 3.05) is 12.4 Å². The molecular weight excluding hydrogens is 382 g/mol. The number of hydrogen-bond acceptors (Lipinski definition) is 5. The number of rotatable bonds is 7. The average molecular weight is 400 g/mol. The van der Waals surface area contributed by atoms with Gasteiger partial charge in [-0.3, -0.25) is 19.8 Å². The van der Waals surface area contributed by atoms with Crippen molar-refractivity contribution in [2.45, 2.75) is 12.6 Å². The smallest absolute Gasteiger partial charge is 0.289 e. The summed E-state index contributed by atoms with van der Waals surface area (Å²) in [5.74, 6) is 0.398. The molecule has 0 aliphatic heterocycles. The van der Waals surface area contributed by atoms with Crippen LogP contribution >= 0.6 is 11.6 Å². The van der Waals surface area contributed by atoms with Gasteiger partial charge in [0.05, 0.1) is 17.7 Å². The molecule has 0 saturated heterocycles. The first-order chi connectivity index (χ1) is 13.5. The second-order valence-electron chi connectivity index (χ2n) is 6.22. The third-order valence-corrected chi connectivity index (χ3v) is 4.52. The highest BCUT2D eigenvalue weighted by atomic mass is 35.5. The molecule has 2 aromatic carbocycles. The van der Waals surface area contributed by atoms with Crippen LogP contribution in [0.2, 0.25) is 5.02 Å². The number of furan rings is 1. The molecule has 3 rings (SSSR count). The molecule has 1 unspecified atom stereocenters. The zero-order chi connectivity index (χ0) is 20.1. The van der Waals surface area contributed by atoms with E-state index >= 15 is 0 Å². The fraction of sp³-hybridized carbons (Fsp3) is 0.150. The Morgan fingerprint density at radius 2 is 1.96 bits per heavy atom. The Morgan fingerprint density at radius 3 is 2.61 bits per heavy atom. The van der Waals surface area contributed by atoms with Crippen molar-refractivity contribution in [1.82, 2.24) is 4.90 Å². The summed E-state index contributed by atoms with van der Waals surface area (Å²) in [6.07, 6.45) is 1.58. The van der Waals surface area contributed by atoms with Crippen LogP contribution in [0.25, 0.3) is 0 Å². The number of nitro benzene ring substituents is 1. The molecule has 7 nitrogen and oxygen atoms in total. The van der Waals surface area contributed by atoms with E-state index in [-0.39, 0.29) is 16.6 Å². The van der Waals surface area contributed by atoms with E-state index in [1.54, 1.807) is 12.3 Å². The minimum Gasteiger partial charge on any atom is -0.468 e. The third-order valence-electron chi connectivity index (χ3n) is 4.20. The van der Waals surface area contributed by atoms with Gasteiger partial charge in [-0.15, -0.1) is 0 Å². The Bertz CT molecular complexity index is 961. The van der Waals surface area contributed by atoms with Crippen LogP contribution in [0.4, 0.5) is 11.4 Å². The lowest BCUT2D eigenvalue weighted by Crippen LogP contribution is -2.34. The SMILES string of the molecule is CN(Cc1ccco1)C(C(=O)Nc1ccc(Cl)c([N+](=O)[O-])c1)c1ccccc1. The normalized spacial score (nSPS) is 12.0. The lowest BCUT2D eigenvalue weighted by atomic mass is 10.0. The van der Waals surface area contributed by atoms with Crippen molar-refractivity contribution < 1.29 is 14.1 Å². The van der Waals surface area contributed by atoms with Crippen LogP contribution in [0, 0.1) is 10.1 Å². The topological polar surface area (TPSA) is 88.6 Å². The van der Waals surface area contributed by atoms with Crippen molar-refractivity contribution in [1.29, 1.82) is 0 Å². The van der Waals surface area contributed by atoms with Gasteiger partial charge in [0.1, 0.15) is 16.8 Å². The monoisotopic (exact) mass is 399 g/mol. The molecule has 1 N–H and O–H groups in total. The summed E-state index contributed by atoms with van der Waals surface area (Å²) >= 11 is 5.84. The maximum absolute atomic E-state index is 13.1. The van der Waals surface area contributed by atoms with Crippen molar-refractivity contribution in [3.05, 3.63) is 93.4 Å².